The van der Waals surface area contributed by atoms with E-state index in [0.29, 0.717) is 6.61 Å². The monoisotopic (exact) mass is 383 g/mol. The molecule has 100 valence electrons. The van der Waals surface area contributed by atoms with Gasteiger partial charge in [0.1, 0.15) is 5.75 Å². The fourth-order valence-electron chi connectivity index (χ4n) is 1.94. The fourth-order valence-corrected chi connectivity index (χ4v) is 2.82. The Balaban J connectivity index is 2.43. The molecule has 2 nitrogen and oxygen atoms in total. The summed E-state index contributed by atoms with van der Waals surface area (Å²) in [5, 5.41) is 0. The smallest absolute Gasteiger partial charge is 0.124 e. The fraction of sp³-hybridized carbons (Fsp3) is 0.200. The second-order valence-corrected chi connectivity index (χ2v) is 5.88. The van der Waals surface area contributed by atoms with E-state index in [-0.39, 0.29) is 6.04 Å². The lowest BCUT2D eigenvalue weighted by molar-refractivity contribution is 0.335. The van der Waals surface area contributed by atoms with E-state index >= 15 is 0 Å². The van der Waals surface area contributed by atoms with Crippen molar-refractivity contribution in [3.05, 3.63) is 62.5 Å². The summed E-state index contributed by atoms with van der Waals surface area (Å²) in [6.07, 6.45) is 0. The van der Waals surface area contributed by atoms with Crippen LogP contribution in [0.15, 0.2) is 51.4 Å². The predicted molar refractivity (Wildman–Crippen MR) is 85.5 cm³/mol. The Labute approximate surface area is 130 Å². The minimum atomic E-state index is -0.227. The molecule has 0 aliphatic rings. The van der Waals surface area contributed by atoms with Gasteiger partial charge in [0.2, 0.25) is 0 Å². The zero-order valence-electron chi connectivity index (χ0n) is 10.6. The number of ether oxygens (including phenoxy) is 1. The van der Waals surface area contributed by atoms with Crippen LogP contribution in [0.1, 0.15) is 24.1 Å². The highest BCUT2D eigenvalue weighted by Crippen LogP contribution is 2.33. The van der Waals surface area contributed by atoms with E-state index in [4.69, 9.17) is 10.5 Å². The summed E-state index contributed by atoms with van der Waals surface area (Å²) in [6.45, 7) is 2.60. The van der Waals surface area contributed by atoms with Gasteiger partial charge in [0.05, 0.1) is 12.6 Å². The van der Waals surface area contributed by atoms with Crippen LogP contribution in [0.25, 0.3) is 0 Å². The summed E-state index contributed by atoms with van der Waals surface area (Å²) in [5.41, 5.74) is 8.40. The number of hydrogen-bond acceptors (Lipinski definition) is 2. The number of rotatable bonds is 4. The molecule has 0 aliphatic carbocycles. The van der Waals surface area contributed by atoms with Crippen LogP contribution in [0.4, 0.5) is 0 Å². The van der Waals surface area contributed by atoms with Gasteiger partial charge in [0, 0.05) is 14.5 Å². The van der Waals surface area contributed by atoms with Gasteiger partial charge >= 0.3 is 0 Å². The lowest BCUT2D eigenvalue weighted by atomic mass is 9.99. The van der Waals surface area contributed by atoms with Gasteiger partial charge in [-0.2, -0.15) is 0 Å². The molecule has 0 amide bonds. The van der Waals surface area contributed by atoms with Crippen LogP contribution in [0, 0.1) is 0 Å². The first-order valence-corrected chi connectivity index (χ1v) is 7.64. The first-order chi connectivity index (χ1) is 9.13. The molecule has 0 fully saturated rings. The number of hydrogen-bond donors (Lipinski definition) is 1. The third-order valence-electron chi connectivity index (χ3n) is 2.85. The van der Waals surface area contributed by atoms with Gasteiger partial charge < -0.3 is 10.5 Å². The van der Waals surface area contributed by atoms with Crippen molar-refractivity contribution >= 4 is 31.9 Å². The highest BCUT2D eigenvalue weighted by Gasteiger charge is 2.16. The SMILES string of the molecule is CCOc1ccccc1C(N)c1cc(Br)ccc1Br. The van der Waals surface area contributed by atoms with E-state index in [9.17, 15) is 0 Å². The molecule has 2 rings (SSSR count). The predicted octanol–water partition coefficient (Wildman–Crippen LogP) is 4.66. The number of halogens is 2. The quantitative estimate of drug-likeness (QED) is 0.831. The van der Waals surface area contributed by atoms with Gasteiger partial charge in [-0.1, -0.05) is 50.1 Å². The highest BCUT2D eigenvalue weighted by atomic mass is 79.9. The molecule has 2 N–H and O–H groups in total. The Hall–Kier alpha value is -0.840. The molecule has 0 aromatic heterocycles. The van der Waals surface area contributed by atoms with Gasteiger partial charge in [-0.3, -0.25) is 0 Å². The van der Waals surface area contributed by atoms with Crippen LogP contribution in [0.2, 0.25) is 0 Å². The molecule has 0 saturated carbocycles. The normalized spacial score (nSPS) is 12.2. The molecule has 19 heavy (non-hydrogen) atoms. The maximum Gasteiger partial charge on any atom is 0.124 e. The zero-order chi connectivity index (χ0) is 13.8. The van der Waals surface area contributed by atoms with Crippen LogP contribution < -0.4 is 10.5 Å². The highest BCUT2D eigenvalue weighted by molar-refractivity contribution is 9.11. The minimum Gasteiger partial charge on any atom is -0.494 e. The van der Waals surface area contributed by atoms with Crippen molar-refractivity contribution < 1.29 is 4.74 Å². The van der Waals surface area contributed by atoms with E-state index in [2.05, 4.69) is 31.9 Å². The Morgan fingerprint density at radius 2 is 1.84 bits per heavy atom. The average Bonchev–Trinajstić information content (AvgIpc) is 2.42. The van der Waals surface area contributed by atoms with Crippen LogP contribution in [0.3, 0.4) is 0 Å². The second kappa shape index (κ2) is 6.55. The Morgan fingerprint density at radius 1 is 1.11 bits per heavy atom. The van der Waals surface area contributed by atoms with Gasteiger partial charge in [0.15, 0.2) is 0 Å². The first kappa shape index (κ1) is 14.6. The van der Waals surface area contributed by atoms with Crippen molar-refractivity contribution in [3.8, 4) is 5.75 Å². The van der Waals surface area contributed by atoms with Crippen LogP contribution >= 0.6 is 31.9 Å². The van der Waals surface area contributed by atoms with E-state index in [0.717, 1.165) is 25.8 Å². The van der Waals surface area contributed by atoms with Crippen molar-refractivity contribution in [1.82, 2.24) is 0 Å². The van der Waals surface area contributed by atoms with E-state index < -0.39 is 0 Å². The molecule has 0 heterocycles. The molecule has 0 bridgehead atoms. The molecule has 0 radical (unpaired) electrons. The second-order valence-electron chi connectivity index (χ2n) is 4.11. The molecule has 0 aliphatic heterocycles. The van der Waals surface area contributed by atoms with Crippen LogP contribution in [-0.4, -0.2) is 6.61 Å². The molecule has 1 atom stereocenters. The summed E-state index contributed by atoms with van der Waals surface area (Å²) in [7, 11) is 0. The van der Waals surface area contributed by atoms with Gasteiger partial charge in [-0.05, 0) is 36.8 Å². The Bertz CT molecular complexity index is 572. The molecule has 2 aromatic carbocycles. The third-order valence-corrected chi connectivity index (χ3v) is 4.06. The number of para-hydroxylation sites is 1. The van der Waals surface area contributed by atoms with Gasteiger partial charge in [-0.25, -0.2) is 0 Å². The van der Waals surface area contributed by atoms with E-state index in [1.807, 2.05) is 49.4 Å². The molecule has 0 spiro atoms. The number of nitrogens with two attached hydrogens (primary N) is 1. The summed E-state index contributed by atoms with van der Waals surface area (Å²) in [4.78, 5) is 0. The summed E-state index contributed by atoms with van der Waals surface area (Å²) in [5.74, 6) is 0.837. The lowest BCUT2D eigenvalue weighted by Gasteiger charge is -2.18. The minimum absolute atomic E-state index is 0.227. The van der Waals surface area contributed by atoms with Gasteiger partial charge in [-0.15, -0.1) is 0 Å². The van der Waals surface area contributed by atoms with E-state index in [1.54, 1.807) is 0 Å². The number of benzene rings is 2. The molecule has 0 saturated heterocycles. The summed E-state index contributed by atoms with van der Waals surface area (Å²) < 4.78 is 7.65. The van der Waals surface area contributed by atoms with Gasteiger partial charge in [0.25, 0.3) is 0 Å². The lowest BCUT2D eigenvalue weighted by Crippen LogP contribution is -2.14. The van der Waals surface area contributed by atoms with Crippen LogP contribution in [-0.2, 0) is 0 Å². The van der Waals surface area contributed by atoms with Crippen molar-refractivity contribution in [1.29, 1.82) is 0 Å². The standard InChI is InChI=1S/C15H15Br2NO/c1-2-19-14-6-4-3-5-11(14)15(18)12-9-10(16)7-8-13(12)17/h3-9,15H,2,18H2,1H3. The third kappa shape index (κ3) is 3.38. The summed E-state index contributed by atoms with van der Waals surface area (Å²) >= 11 is 7.03. The van der Waals surface area contributed by atoms with Crippen molar-refractivity contribution in [2.24, 2.45) is 5.73 Å². The van der Waals surface area contributed by atoms with Crippen molar-refractivity contribution in [2.75, 3.05) is 6.61 Å². The molecule has 4 heteroatoms. The van der Waals surface area contributed by atoms with E-state index in [1.165, 1.54) is 0 Å². The molecular weight excluding hydrogens is 370 g/mol. The first-order valence-electron chi connectivity index (χ1n) is 6.05. The van der Waals surface area contributed by atoms with Crippen molar-refractivity contribution in [3.63, 3.8) is 0 Å². The maximum atomic E-state index is 6.39. The Morgan fingerprint density at radius 3 is 2.58 bits per heavy atom. The largest absolute Gasteiger partial charge is 0.494 e. The average molecular weight is 385 g/mol. The molecule has 1 unspecified atom stereocenters. The van der Waals surface area contributed by atoms with Crippen molar-refractivity contribution in [2.45, 2.75) is 13.0 Å². The van der Waals surface area contributed by atoms with Crippen LogP contribution in [0.5, 0.6) is 5.75 Å². The maximum absolute atomic E-state index is 6.39. The zero-order valence-corrected chi connectivity index (χ0v) is 13.7. The Kier molecular flexibility index (Phi) is 5.02. The molecule has 2 aromatic rings. The molecular formula is C15H15Br2NO. The topological polar surface area (TPSA) is 35.2 Å². The summed E-state index contributed by atoms with van der Waals surface area (Å²) in [6, 6.07) is 13.7.